The molecule has 0 unspecified atom stereocenters. The normalized spacial score (nSPS) is 19.0. The van der Waals surface area contributed by atoms with Gasteiger partial charge in [0.15, 0.2) is 0 Å². The SMILES string of the molecule is Cc1ccccc1[C@@H]1c2cccn2CCN1C(=O)CN(C(=O)C1CC1)C(C)(C)C. The minimum absolute atomic E-state index is 0.0228. The van der Waals surface area contributed by atoms with E-state index in [4.69, 9.17) is 0 Å². The number of hydrogen-bond acceptors (Lipinski definition) is 2. The number of nitrogens with zero attached hydrogens (tertiary/aromatic N) is 3. The van der Waals surface area contributed by atoms with Crippen LogP contribution in [0.2, 0.25) is 0 Å². The molecule has 5 nitrogen and oxygen atoms in total. The molecule has 2 amide bonds. The Morgan fingerprint density at radius 3 is 2.45 bits per heavy atom. The van der Waals surface area contributed by atoms with Crippen LogP contribution in [-0.4, -0.2) is 44.8 Å². The summed E-state index contributed by atoms with van der Waals surface area (Å²) in [5.74, 6) is 0.251. The van der Waals surface area contributed by atoms with Gasteiger partial charge in [-0.3, -0.25) is 9.59 Å². The van der Waals surface area contributed by atoms with Gasteiger partial charge in [0.2, 0.25) is 11.8 Å². The van der Waals surface area contributed by atoms with Gasteiger partial charge in [-0.1, -0.05) is 24.3 Å². The Hall–Kier alpha value is -2.56. The lowest BCUT2D eigenvalue weighted by molar-refractivity contribution is -0.147. The Morgan fingerprint density at radius 1 is 1.07 bits per heavy atom. The van der Waals surface area contributed by atoms with E-state index in [1.807, 2.05) is 43.9 Å². The third-order valence-corrected chi connectivity index (χ3v) is 6.14. The highest BCUT2D eigenvalue weighted by atomic mass is 16.2. The van der Waals surface area contributed by atoms with Crippen molar-refractivity contribution in [3.8, 4) is 0 Å². The van der Waals surface area contributed by atoms with Gasteiger partial charge in [0.1, 0.15) is 6.54 Å². The Balaban J connectivity index is 1.66. The van der Waals surface area contributed by atoms with Crippen LogP contribution in [0.15, 0.2) is 42.6 Å². The quantitative estimate of drug-likeness (QED) is 0.794. The summed E-state index contributed by atoms with van der Waals surface area (Å²) in [7, 11) is 0. The number of carbonyl (C=O) groups excluding carboxylic acids is 2. The van der Waals surface area contributed by atoms with E-state index in [1.54, 1.807) is 4.90 Å². The fourth-order valence-corrected chi connectivity index (χ4v) is 4.30. The molecule has 4 rings (SSSR count). The van der Waals surface area contributed by atoms with Crippen molar-refractivity contribution < 1.29 is 9.59 Å². The summed E-state index contributed by atoms with van der Waals surface area (Å²) >= 11 is 0. The van der Waals surface area contributed by atoms with E-state index >= 15 is 0 Å². The minimum atomic E-state index is -0.372. The molecule has 1 fully saturated rings. The Morgan fingerprint density at radius 2 is 1.79 bits per heavy atom. The summed E-state index contributed by atoms with van der Waals surface area (Å²) in [5.41, 5.74) is 3.08. The zero-order valence-electron chi connectivity index (χ0n) is 17.9. The summed E-state index contributed by atoms with van der Waals surface area (Å²) in [6.45, 7) is 9.71. The molecule has 1 aromatic heterocycles. The smallest absolute Gasteiger partial charge is 0.243 e. The molecule has 0 bridgehead atoms. The molecule has 29 heavy (non-hydrogen) atoms. The number of hydrogen-bond donors (Lipinski definition) is 0. The number of fused-ring (bicyclic) bond motifs is 1. The summed E-state index contributed by atoms with van der Waals surface area (Å²) < 4.78 is 2.23. The van der Waals surface area contributed by atoms with Crippen LogP contribution in [0.4, 0.5) is 0 Å². The van der Waals surface area contributed by atoms with Crippen molar-refractivity contribution in [3.05, 3.63) is 59.4 Å². The highest BCUT2D eigenvalue weighted by molar-refractivity contribution is 5.88. The second-order valence-electron chi connectivity index (χ2n) is 9.34. The molecule has 2 aliphatic rings. The molecule has 2 heterocycles. The van der Waals surface area contributed by atoms with Crippen molar-refractivity contribution in [2.45, 2.75) is 58.7 Å². The largest absolute Gasteiger partial charge is 0.348 e. The van der Waals surface area contributed by atoms with Gasteiger partial charge in [-0.15, -0.1) is 0 Å². The topological polar surface area (TPSA) is 45.6 Å². The predicted molar refractivity (Wildman–Crippen MR) is 113 cm³/mol. The highest BCUT2D eigenvalue weighted by Gasteiger charge is 2.40. The number of rotatable bonds is 4. The van der Waals surface area contributed by atoms with Crippen molar-refractivity contribution in [1.29, 1.82) is 0 Å². The van der Waals surface area contributed by atoms with Crippen molar-refractivity contribution >= 4 is 11.8 Å². The van der Waals surface area contributed by atoms with E-state index in [2.05, 4.69) is 35.9 Å². The summed E-state index contributed by atoms with van der Waals surface area (Å²) in [6.07, 6.45) is 3.98. The summed E-state index contributed by atoms with van der Waals surface area (Å²) in [6, 6.07) is 12.3. The third kappa shape index (κ3) is 3.83. The van der Waals surface area contributed by atoms with E-state index < -0.39 is 0 Å². The van der Waals surface area contributed by atoms with Crippen LogP contribution in [-0.2, 0) is 16.1 Å². The summed E-state index contributed by atoms with van der Waals surface area (Å²) in [4.78, 5) is 30.2. The van der Waals surface area contributed by atoms with Gasteiger partial charge in [0.25, 0.3) is 0 Å². The fourth-order valence-electron chi connectivity index (χ4n) is 4.30. The molecule has 0 radical (unpaired) electrons. The lowest BCUT2D eigenvalue weighted by atomic mass is 9.95. The standard InChI is InChI=1S/C24H31N3O2/c1-17-8-5-6-9-19(17)22-20-10-7-13-25(20)14-15-26(22)21(28)16-27(24(2,3)4)23(29)18-11-12-18/h5-10,13,18,22H,11-12,14-16H2,1-4H3/t22-/m1/s1. The van der Waals surface area contributed by atoms with Crippen molar-refractivity contribution in [1.82, 2.24) is 14.4 Å². The van der Waals surface area contributed by atoms with Gasteiger partial charge in [-0.05, 0) is 63.8 Å². The van der Waals surface area contributed by atoms with Crippen LogP contribution >= 0.6 is 0 Å². The van der Waals surface area contributed by atoms with Gasteiger partial charge in [-0.2, -0.15) is 0 Å². The average molecular weight is 394 g/mol. The number of benzene rings is 1. The molecule has 0 spiro atoms. The predicted octanol–water partition coefficient (Wildman–Crippen LogP) is 3.77. The van der Waals surface area contributed by atoms with Crippen LogP contribution in [0.3, 0.4) is 0 Å². The molecule has 1 aliphatic heterocycles. The summed E-state index contributed by atoms with van der Waals surface area (Å²) in [5, 5.41) is 0. The van der Waals surface area contributed by atoms with E-state index in [0.29, 0.717) is 6.54 Å². The van der Waals surface area contributed by atoms with Gasteiger partial charge in [-0.25, -0.2) is 0 Å². The van der Waals surface area contributed by atoms with E-state index in [9.17, 15) is 9.59 Å². The number of aromatic nitrogens is 1. The molecule has 2 aromatic rings. The van der Waals surface area contributed by atoms with Crippen LogP contribution < -0.4 is 0 Å². The second-order valence-corrected chi connectivity index (χ2v) is 9.34. The molecular formula is C24H31N3O2. The van der Waals surface area contributed by atoms with E-state index in [0.717, 1.165) is 30.6 Å². The van der Waals surface area contributed by atoms with Crippen LogP contribution in [0, 0.1) is 12.8 Å². The first-order valence-electron chi connectivity index (χ1n) is 10.6. The van der Waals surface area contributed by atoms with Gasteiger partial charge >= 0.3 is 0 Å². The zero-order chi connectivity index (χ0) is 20.8. The molecule has 1 saturated carbocycles. The molecular weight excluding hydrogens is 362 g/mol. The Labute approximate surface area is 173 Å². The number of aryl methyl sites for hydroxylation is 1. The lowest BCUT2D eigenvalue weighted by Crippen LogP contribution is -2.53. The van der Waals surface area contributed by atoms with E-state index in [-0.39, 0.29) is 35.9 Å². The average Bonchev–Trinajstić information content (AvgIpc) is 3.41. The monoisotopic (exact) mass is 393 g/mol. The first-order valence-corrected chi connectivity index (χ1v) is 10.6. The molecule has 1 atom stereocenters. The maximum Gasteiger partial charge on any atom is 0.243 e. The van der Waals surface area contributed by atoms with Gasteiger partial charge < -0.3 is 14.4 Å². The Kier molecular flexibility index (Phi) is 5.01. The third-order valence-electron chi connectivity index (χ3n) is 6.14. The first-order chi connectivity index (χ1) is 13.8. The molecule has 154 valence electrons. The number of carbonyl (C=O) groups is 2. The van der Waals surface area contributed by atoms with Crippen molar-refractivity contribution in [3.63, 3.8) is 0 Å². The van der Waals surface area contributed by atoms with Gasteiger partial charge in [0, 0.05) is 36.4 Å². The Bertz CT molecular complexity index is 920. The minimum Gasteiger partial charge on any atom is -0.348 e. The molecule has 0 saturated heterocycles. The molecule has 5 heteroatoms. The molecule has 0 N–H and O–H groups in total. The van der Waals surface area contributed by atoms with Crippen molar-refractivity contribution in [2.24, 2.45) is 5.92 Å². The van der Waals surface area contributed by atoms with Crippen LogP contribution in [0.5, 0.6) is 0 Å². The van der Waals surface area contributed by atoms with Crippen molar-refractivity contribution in [2.75, 3.05) is 13.1 Å². The van der Waals surface area contributed by atoms with Gasteiger partial charge in [0.05, 0.1) is 6.04 Å². The number of amides is 2. The molecule has 1 aromatic carbocycles. The maximum atomic E-state index is 13.6. The fraction of sp³-hybridized carbons (Fsp3) is 0.500. The van der Waals surface area contributed by atoms with Crippen LogP contribution in [0.1, 0.15) is 56.5 Å². The second kappa shape index (κ2) is 7.36. The lowest BCUT2D eigenvalue weighted by Gasteiger charge is -2.41. The highest BCUT2D eigenvalue weighted by Crippen LogP contribution is 2.36. The maximum absolute atomic E-state index is 13.6. The van der Waals surface area contributed by atoms with E-state index in [1.165, 1.54) is 5.56 Å². The van der Waals surface area contributed by atoms with Crippen LogP contribution in [0.25, 0.3) is 0 Å². The zero-order valence-corrected chi connectivity index (χ0v) is 17.9. The molecule has 1 aliphatic carbocycles. The first kappa shape index (κ1) is 19.7.